The van der Waals surface area contributed by atoms with Gasteiger partial charge in [0, 0.05) is 44.2 Å². The number of thiazole rings is 1. The third-order valence-electron chi connectivity index (χ3n) is 6.55. The van der Waals surface area contributed by atoms with Crippen LogP contribution in [0.15, 0.2) is 119 Å². The fourth-order valence-electron chi connectivity index (χ4n) is 4.26. The number of nitro groups is 1. The zero-order chi connectivity index (χ0) is 33.3. The molecule has 13 heteroatoms. The first kappa shape index (κ1) is 33.1. The number of benzene rings is 4. The number of carbonyl (C=O) groups excluding carboxylic acids is 3. The lowest BCUT2D eigenvalue weighted by molar-refractivity contribution is -0.384. The van der Waals surface area contributed by atoms with E-state index in [1.807, 2.05) is 6.07 Å². The van der Waals surface area contributed by atoms with Gasteiger partial charge in [-0.05, 0) is 61.0 Å². The summed E-state index contributed by atoms with van der Waals surface area (Å²) in [6.07, 6.45) is 1.54. The summed E-state index contributed by atoms with van der Waals surface area (Å²) in [5.74, 6) is -1.29. The van der Waals surface area contributed by atoms with E-state index in [0.717, 1.165) is 4.90 Å². The van der Waals surface area contributed by atoms with Crippen molar-refractivity contribution in [3.63, 3.8) is 0 Å². The van der Waals surface area contributed by atoms with Gasteiger partial charge >= 0.3 is 0 Å². The van der Waals surface area contributed by atoms with Crippen LogP contribution in [-0.4, -0.2) is 32.9 Å². The van der Waals surface area contributed by atoms with Crippen LogP contribution in [0.2, 0.25) is 5.02 Å². The molecule has 0 bridgehead atoms. The molecule has 0 saturated carbocycles. The SMILES string of the molecule is CC(Sc1cccc(NC(=O)/C(=C/c2cccc(Cl)c2)NC(=O)c2ccccc2)c1)C(=O)Nc1nc(-c2cccc([N+](=O)[O-])c2)cs1. The number of non-ortho nitro benzene ring substituents is 1. The highest BCUT2D eigenvalue weighted by atomic mass is 35.5. The van der Waals surface area contributed by atoms with Crippen LogP contribution < -0.4 is 16.0 Å². The molecule has 1 aromatic heterocycles. The number of thioether (sulfide) groups is 1. The molecule has 0 aliphatic rings. The molecule has 3 N–H and O–H groups in total. The molecule has 4 aromatic carbocycles. The van der Waals surface area contributed by atoms with Crippen molar-refractivity contribution in [1.29, 1.82) is 0 Å². The largest absolute Gasteiger partial charge is 0.321 e. The Balaban J connectivity index is 1.25. The number of rotatable bonds is 11. The fraction of sp³-hybridized carbons (Fsp3) is 0.0588. The van der Waals surface area contributed by atoms with Crippen molar-refractivity contribution in [2.45, 2.75) is 17.1 Å². The van der Waals surface area contributed by atoms with E-state index in [4.69, 9.17) is 11.6 Å². The summed E-state index contributed by atoms with van der Waals surface area (Å²) >= 11 is 8.63. The summed E-state index contributed by atoms with van der Waals surface area (Å²) in [5.41, 5.74) is 2.53. The zero-order valence-corrected chi connectivity index (χ0v) is 27.1. The molecule has 3 amide bonds. The van der Waals surface area contributed by atoms with Crippen LogP contribution in [0.1, 0.15) is 22.8 Å². The first-order chi connectivity index (χ1) is 22.6. The Bertz CT molecular complexity index is 1980. The highest BCUT2D eigenvalue weighted by molar-refractivity contribution is 8.00. The molecule has 10 nitrogen and oxygen atoms in total. The second-order valence-corrected chi connectivity index (χ2v) is 12.7. The summed E-state index contributed by atoms with van der Waals surface area (Å²) in [6.45, 7) is 1.74. The molecule has 5 aromatic rings. The lowest BCUT2D eigenvalue weighted by atomic mass is 10.1. The number of nitrogens with zero attached hydrogens (tertiary/aromatic N) is 2. The minimum Gasteiger partial charge on any atom is -0.321 e. The molecule has 1 heterocycles. The molecule has 236 valence electrons. The van der Waals surface area contributed by atoms with E-state index in [1.165, 1.54) is 41.3 Å². The van der Waals surface area contributed by atoms with Crippen LogP contribution in [0, 0.1) is 10.1 Å². The van der Waals surface area contributed by atoms with E-state index >= 15 is 0 Å². The van der Waals surface area contributed by atoms with Crippen molar-refractivity contribution in [3.05, 3.63) is 140 Å². The molecule has 0 aliphatic carbocycles. The Morgan fingerprint density at radius 1 is 0.936 bits per heavy atom. The normalized spacial score (nSPS) is 11.7. The summed E-state index contributed by atoms with van der Waals surface area (Å²) in [4.78, 5) is 55.1. The summed E-state index contributed by atoms with van der Waals surface area (Å²) in [5, 5.41) is 21.5. The molecule has 1 atom stereocenters. The molecule has 47 heavy (non-hydrogen) atoms. The third-order valence-corrected chi connectivity index (χ3v) is 8.64. The van der Waals surface area contributed by atoms with Gasteiger partial charge in [-0.15, -0.1) is 23.1 Å². The molecular formula is C34H26ClN5O5S2. The smallest absolute Gasteiger partial charge is 0.272 e. The van der Waals surface area contributed by atoms with Gasteiger partial charge in [0.2, 0.25) is 5.91 Å². The van der Waals surface area contributed by atoms with Crippen LogP contribution in [-0.2, 0) is 9.59 Å². The predicted molar refractivity (Wildman–Crippen MR) is 187 cm³/mol. The number of nitro benzene ring substituents is 1. The molecule has 0 radical (unpaired) electrons. The number of hydrogen-bond donors (Lipinski definition) is 3. The van der Waals surface area contributed by atoms with Gasteiger partial charge in [-0.2, -0.15) is 0 Å². The highest BCUT2D eigenvalue weighted by Gasteiger charge is 2.19. The topological polar surface area (TPSA) is 143 Å². The number of aromatic nitrogens is 1. The minimum absolute atomic E-state index is 0.0137. The van der Waals surface area contributed by atoms with Crippen molar-refractivity contribution in [2.24, 2.45) is 0 Å². The molecule has 5 rings (SSSR count). The number of nitrogens with one attached hydrogen (secondary N) is 3. The Hall–Kier alpha value is -5.30. The number of carbonyl (C=O) groups is 3. The van der Waals surface area contributed by atoms with E-state index in [1.54, 1.807) is 97.2 Å². The Morgan fingerprint density at radius 3 is 2.47 bits per heavy atom. The van der Waals surface area contributed by atoms with E-state index < -0.39 is 22.0 Å². The van der Waals surface area contributed by atoms with Crippen molar-refractivity contribution >= 4 is 75.0 Å². The van der Waals surface area contributed by atoms with Crippen molar-refractivity contribution < 1.29 is 19.3 Å². The van der Waals surface area contributed by atoms with Gasteiger partial charge in [-0.25, -0.2) is 4.98 Å². The van der Waals surface area contributed by atoms with Gasteiger partial charge in [-0.1, -0.05) is 60.1 Å². The van der Waals surface area contributed by atoms with Gasteiger partial charge in [0.1, 0.15) is 5.70 Å². The molecule has 0 aliphatic heterocycles. The predicted octanol–water partition coefficient (Wildman–Crippen LogP) is 7.90. The maximum absolute atomic E-state index is 13.4. The van der Waals surface area contributed by atoms with Gasteiger partial charge in [0.25, 0.3) is 17.5 Å². The number of halogens is 1. The van der Waals surface area contributed by atoms with Crippen molar-refractivity contribution in [1.82, 2.24) is 10.3 Å². The maximum Gasteiger partial charge on any atom is 0.272 e. The average Bonchev–Trinajstić information content (AvgIpc) is 3.53. The fourth-order valence-corrected chi connectivity index (χ4v) is 6.11. The number of hydrogen-bond acceptors (Lipinski definition) is 8. The maximum atomic E-state index is 13.4. The van der Waals surface area contributed by atoms with E-state index in [0.29, 0.717) is 38.2 Å². The molecule has 1 unspecified atom stereocenters. The first-order valence-electron chi connectivity index (χ1n) is 14.1. The quantitative estimate of drug-likeness (QED) is 0.0556. The Kier molecular flexibility index (Phi) is 10.8. The van der Waals surface area contributed by atoms with E-state index in [9.17, 15) is 24.5 Å². The van der Waals surface area contributed by atoms with Gasteiger partial charge in [-0.3, -0.25) is 24.5 Å². The first-order valence-corrected chi connectivity index (χ1v) is 16.2. The van der Waals surface area contributed by atoms with Crippen LogP contribution in [0.5, 0.6) is 0 Å². The van der Waals surface area contributed by atoms with Crippen molar-refractivity contribution in [3.8, 4) is 11.3 Å². The van der Waals surface area contributed by atoms with Gasteiger partial charge in [0.05, 0.1) is 15.9 Å². The second-order valence-electron chi connectivity index (χ2n) is 10.0. The summed E-state index contributed by atoms with van der Waals surface area (Å²) in [6, 6.07) is 28.5. The summed E-state index contributed by atoms with van der Waals surface area (Å²) < 4.78 is 0. The van der Waals surface area contributed by atoms with E-state index in [2.05, 4.69) is 20.9 Å². The lowest BCUT2D eigenvalue weighted by Gasteiger charge is -2.14. The minimum atomic E-state index is -0.550. The van der Waals surface area contributed by atoms with Crippen molar-refractivity contribution in [2.75, 3.05) is 10.6 Å². The van der Waals surface area contributed by atoms with Gasteiger partial charge in [0.15, 0.2) is 5.13 Å². The third kappa shape index (κ3) is 9.13. The van der Waals surface area contributed by atoms with Crippen LogP contribution >= 0.6 is 34.7 Å². The monoisotopic (exact) mass is 683 g/mol. The molecular weight excluding hydrogens is 658 g/mol. The number of anilines is 2. The second kappa shape index (κ2) is 15.3. The zero-order valence-electron chi connectivity index (χ0n) is 24.7. The highest BCUT2D eigenvalue weighted by Crippen LogP contribution is 2.30. The van der Waals surface area contributed by atoms with E-state index in [-0.39, 0.29) is 17.3 Å². The van der Waals surface area contributed by atoms with Crippen LogP contribution in [0.25, 0.3) is 17.3 Å². The lowest BCUT2D eigenvalue weighted by Crippen LogP contribution is -2.30. The van der Waals surface area contributed by atoms with Gasteiger partial charge < -0.3 is 16.0 Å². The molecule has 0 saturated heterocycles. The van der Waals surface area contributed by atoms with Crippen LogP contribution in [0.4, 0.5) is 16.5 Å². The standard InChI is InChI=1S/C34H26ClN5O5S2/c1-21(31(41)39-34-38-30(20-46-34)24-11-6-14-27(18-24)40(44)45)47-28-15-7-13-26(19-28)36-33(43)29(17-22-8-5-12-25(35)16-22)37-32(42)23-9-3-2-4-10-23/h2-21H,1H3,(H,36,43)(H,37,42)(H,38,39,41)/b29-17-. The Labute approximate surface area is 283 Å². The molecule has 0 spiro atoms. The average molecular weight is 684 g/mol. The number of amides is 3. The molecule has 0 fully saturated rings. The summed E-state index contributed by atoms with van der Waals surface area (Å²) in [7, 11) is 0. The van der Waals surface area contributed by atoms with Crippen LogP contribution in [0.3, 0.4) is 0 Å². The Morgan fingerprint density at radius 2 is 1.70 bits per heavy atom.